The number of hydrogen-bond donors (Lipinski definition) is 0. The number of methoxy groups -OCH3 is 1. The maximum atomic E-state index is 11.7. The third-order valence-corrected chi connectivity index (χ3v) is 4.42. The number of halogens is 1. The molecule has 1 aliphatic heterocycles. The zero-order valence-electron chi connectivity index (χ0n) is 8.28. The second-order valence-electron chi connectivity index (χ2n) is 3.41. The van der Waals surface area contributed by atoms with Crippen LogP contribution >= 0.6 is 11.6 Å². The van der Waals surface area contributed by atoms with Crippen molar-refractivity contribution in [3.05, 3.63) is 0 Å². The van der Waals surface area contributed by atoms with E-state index in [2.05, 4.69) is 0 Å². The SMILES string of the molecule is COCCS(=O)(=O)N1CCCC(Cl)C1. The predicted molar refractivity (Wildman–Crippen MR) is 56.1 cm³/mol. The molecule has 1 atom stereocenters. The molecule has 1 rings (SSSR count). The van der Waals surface area contributed by atoms with Gasteiger partial charge in [0.05, 0.1) is 12.4 Å². The molecule has 14 heavy (non-hydrogen) atoms. The Labute approximate surface area is 90.2 Å². The number of hydrogen-bond acceptors (Lipinski definition) is 3. The maximum absolute atomic E-state index is 11.7. The van der Waals surface area contributed by atoms with Crippen LogP contribution in [-0.2, 0) is 14.8 Å². The summed E-state index contributed by atoms with van der Waals surface area (Å²) in [5, 5.41) is -0.0407. The molecule has 6 heteroatoms. The smallest absolute Gasteiger partial charge is 0.216 e. The van der Waals surface area contributed by atoms with E-state index in [1.807, 2.05) is 0 Å². The Kier molecular flexibility index (Phi) is 4.63. The van der Waals surface area contributed by atoms with Gasteiger partial charge in [-0.15, -0.1) is 11.6 Å². The highest BCUT2D eigenvalue weighted by atomic mass is 35.5. The first-order valence-electron chi connectivity index (χ1n) is 4.67. The highest BCUT2D eigenvalue weighted by Gasteiger charge is 2.27. The fraction of sp³-hybridized carbons (Fsp3) is 1.00. The minimum absolute atomic E-state index is 0.0407. The number of rotatable bonds is 4. The predicted octanol–water partition coefficient (Wildman–Crippen LogP) is 0.666. The van der Waals surface area contributed by atoms with E-state index in [1.165, 1.54) is 11.4 Å². The molecule has 0 N–H and O–H groups in total. The van der Waals surface area contributed by atoms with Crippen molar-refractivity contribution in [2.24, 2.45) is 0 Å². The molecule has 84 valence electrons. The lowest BCUT2D eigenvalue weighted by Gasteiger charge is -2.28. The van der Waals surface area contributed by atoms with Crippen LogP contribution in [0.3, 0.4) is 0 Å². The van der Waals surface area contributed by atoms with Crippen LogP contribution in [-0.4, -0.2) is 50.7 Å². The monoisotopic (exact) mass is 241 g/mol. The molecule has 0 saturated carbocycles. The molecule has 0 amide bonds. The van der Waals surface area contributed by atoms with Crippen LogP contribution in [0, 0.1) is 0 Å². The summed E-state index contributed by atoms with van der Waals surface area (Å²) in [5.41, 5.74) is 0. The normalized spacial score (nSPS) is 25.1. The molecule has 0 spiro atoms. The second kappa shape index (κ2) is 5.30. The molecule has 1 aliphatic rings. The average molecular weight is 242 g/mol. The van der Waals surface area contributed by atoms with Crippen LogP contribution in [0.15, 0.2) is 0 Å². The van der Waals surface area contributed by atoms with Crippen LogP contribution < -0.4 is 0 Å². The maximum Gasteiger partial charge on any atom is 0.216 e. The summed E-state index contributed by atoms with van der Waals surface area (Å²) in [5.74, 6) is 0.0487. The van der Waals surface area contributed by atoms with Gasteiger partial charge in [-0.05, 0) is 12.8 Å². The first-order chi connectivity index (χ1) is 6.56. The van der Waals surface area contributed by atoms with Crippen molar-refractivity contribution in [3.8, 4) is 0 Å². The van der Waals surface area contributed by atoms with Gasteiger partial charge in [0.25, 0.3) is 0 Å². The molecule has 1 fully saturated rings. The van der Waals surface area contributed by atoms with Crippen LogP contribution in [0.1, 0.15) is 12.8 Å². The first kappa shape index (κ1) is 12.2. The molecule has 0 radical (unpaired) electrons. The molecular weight excluding hydrogens is 226 g/mol. The molecule has 0 aromatic carbocycles. The van der Waals surface area contributed by atoms with Crippen molar-refractivity contribution in [2.45, 2.75) is 18.2 Å². The van der Waals surface area contributed by atoms with Gasteiger partial charge in [-0.1, -0.05) is 0 Å². The Morgan fingerprint density at radius 1 is 1.57 bits per heavy atom. The van der Waals surface area contributed by atoms with E-state index >= 15 is 0 Å². The highest BCUT2D eigenvalue weighted by molar-refractivity contribution is 7.89. The lowest BCUT2D eigenvalue weighted by molar-refractivity contribution is 0.215. The Morgan fingerprint density at radius 3 is 2.86 bits per heavy atom. The zero-order valence-corrected chi connectivity index (χ0v) is 9.85. The molecule has 0 aromatic rings. The van der Waals surface area contributed by atoms with Crippen molar-refractivity contribution in [3.63, 3.8) is 0 Å². The molecule has 0 bridgehead atoms. The topological polar surface area (TPSA) is 46.6 Å². The fourth-order valence-corrected chi connectivity index (χ4v) is 3.32. The van der Waals surface area contributed by atoms with E-state index in [0.29, 0.717) is 13.1 Å². The summed E-state index contributed by atoms with van der Waals surface area (Å²) >= 11 is 5.91. The lowest BCUT2D eigenvalue weighted by Crippen LogP contribution is -2.42. The largest absolute Gasteiger partial charge is 0.384 e. The highest BCUT2D eigenvalue weighted by Crippen LogP contribution is 2.18. The van der Waals surface area contributed by atoms with E-state index in [-0.39, 0.29) is 17.7 Å². The summed E-state index contributed by atoms with van der Waals surface area (Å²) in [7, 11) is -1.66. The van der Waals surface area contributed by atoms with Crippen molar-refractivity contribution < 1.29 is 13.2 Å². The zero-order chi connectivity index (χ0) is 10.6. The van der Waals surface area contributed by atoms with Crippen LogP contribution in [0.2, 0.25) is 0 Å². The summed E-state index contributed by atoms with van der Waals surface area (Å²) < 4.78 is 29.6. The molecule has 0 aliphatic carbocycles. The molecule has 1 saturated heterocycles. The Morgan fingerprint density at radius 2 is 2.29 bits per heavy atom. The summed E-state index contributed by atoms with van der Waals surface area (Å²) in [4.78, 5) is 0. The van der Waals surface area contributed by atoms with Gasteiger partial charge < -0.3 is 4.74 Å². The second-order valence-corrected chi connectivity index (χ2v) is 6.11. The molecule has 1 heterocycles. The number of alkyl halides is 1. The van der Waals surface area contributed by atoms with Gasteiger partial charge in [0.15, 0.2) is 0 Å². The van der Waals surface area contributed by atoms with Crippen molar-refractivity contribution in [1.82, 2.24) is 4.31 Å². The van der Waals surface area contributed by atoms with E-state index in [1.54, 1.807) is 0 Å². The van der Waals surface area contributed by atoms with Crippen LogP contribution in [0.4, 0.5) is 0 Å². The third-order valence-electron chi connectivity index (χ3n) is 2.27. The summed E-state index contributed by atoms with van der Waals surface area (Å²) in [6, 6.07) is 0. The number of ether oxygens (including phenoxy) is 1. The van der Waals surface area contributed by atoms with Gasteiger partial charge in [-0.25, -0.2) is 12.7 Å². The van der Waals surface area contributed by atoms with Crippen molar-refractivity contribution in [2.75, 3.05) is 32.6 Å². The third kappa shape index (κ3) is 3.38. The molecular formula is C8H16ClNO3S. The van der Waals surface area contributed by atoms with E-state index in [4.69, 9.17) is 16.3 Å². The van der Waals surface area contributed by atoms with Crippen molar-refractivity contribution >= 4 is 21.6 Å². The van der Waals surface area contributed by atoms with Gasteiger partial charge in [0.2, 0.25) is 10.0 Å². The fourth-order valence-electron chi connectivity index (χ4n) is 1.46. The van der Waals surface area contributed by atoms with E-state index < -0.39 is 10.0 Å². The standard InChI is InChI=1S/C8H16ClNO3S/c1-13-5-6-14(11,12)10-4-2-3-8(9)7-10/h8H,2-7H2,1H3. The van der Waals surface area contributed by atoms with Gasteiger partial charge in [0, 0.05) is 25.6 Å². The Balaban J connectivity index is 2.53. The van der Waals surface area contributed by atoms with Gasteiger partial charge >= 0.3 is 0 Å². The Hall–Kier alpha value is 0.160. The number of piperidine rings is 1. The lowest BCUT2D eigenvalue weighted by atomic mass is 10.2. The molecule has 1 unspecified atom stereocenters. The number of sulfonamides is 1. The summed E-state index contributed by atoms with van der Waals surface area (Å²) in [6.45, 7) is 1.27. The minimum atomic E-state index is -3.15. The van der Waals surface area contributed by atoms with Gasteiger partial charge in [-0.2, -0.15) is 0 Å². The first-order valence-corrected chi connectivity index (χ1v) is 6.71. The van der Waals surface area contributed by atoms with E-state index in [9.17, 15) is 8.42 Å². The Bertz CT molecular complexity index is 268. The van der Waals surface area contributed by atoms with Crippen LogP contribution in [0.5, 0.6) is 0 Å². The molecule has 0 aromatic heterocycles. The van der Waals surface area contributed by atoms with Crippen molar-refractivity contribution in [1.29, 1.82) is 0 Å². The minimum Gasteiger partial charge on any atom is -0.384 e. The average Bonchev–Trinajstić information content (AvgIpc) is 2.15. The number of nitrogens with zero attached hydrogens (tertiary/aromatic N) is 1. The quantitative estimate of drug-likeness (QED) is 0.680. The van der Waals surface area contributed by atoms with Gasteiger partial charge in [0.1, 0.15) is 0 Å². The molecule has 4 nitrogen and oxygen atoms in total. The van der Waals surface area contributed by atoms with E-state index in [0.717, 1.165) is 12.8 Å². The summed E-state index contributed by atoms with van der Waals surface area (Å²) in [6.07, 6.45) is 1.75. The van der Waals surface area contributed by atoms with Crippen LogP contribution in [0.25, 0.3) is 0 Å². The van der Waals surface area contributed by atoms with Gasteiger partial charge in [-0.3, -0.25) is 0 Å².